The quantitative estimate of drug-likeness (QED) is 0.646. The Hall–Kier alpha value is -1.52. The molecular formula is C7H11N3O2. The van der Waals surface area contributed by atoms with E-state index in [2.05, 4.69) is 4.98 Å². The van der Waals surface area contributed by atoms with Crippen LogP contribution < -0.4 is 11.4 Å². The zero-order valence-electron chi connectivity index (χ0n) is 6.78. The Morgan fingerprint density at radius 3 is 2.92 bits per heavy atom. The van der Waals surface area contributed by atoms with Crippen LogP contribution in [0, 0.1) is 0 Å². The zero-order valence-corrected chi connectivity index (χ0v) is 6.78. The van der Waals surface area contributed by atoms with Gasteiger partial charge < -0.3 is 10.7 Å². The molecule has 1 amide bonds. The molecule has 0 aliphatic heterocycles. The molecule has 0 aromatic carbocycles. The van der Waals surface area contributed by atoms with Gasteiger partial charge in [0.25, 0.3) is 0 Å². The molecule has 1 unspecified atom stereocenters. The highest BCUT2D eigenvalue weighted by Gasteiger charge is 2.09. The molecule has 1 heterocycles. The van der Waals surface area contributed by atoms with Gasteiger partial charge in [-0.1, -0.05) is 0 Å². The first-order valence-corrected chi connectivity index (χ1v) is 3.65. The summed E-state index contributed by atoms with van der Waals surface area (Å²) in [5.41, 5.74) is 4.77. The third kappa shape index (κ3) is 1.75. The van der Waals surface area contributed by atoms with Crippen LogP contribution in [0.2, 0.25) is 0 Å². The van der Waals surface area contributed by atoms with Crippen LogP contribution in [0.1, 0.15) is 19.4 Å². The number of aromatic amines is 1. The molecule has 0 aliphatic rings. The normalized spacial score (nSPS) is 12.8. The maximum Gasteiger partial charge on any atom is 0.325 e. The van der Waals surface area contributed by atoms with Crippen molar-refractivity contribution in [2.24, 2.45) is 5.73 Å². The highest BCUT2D eigenvalue weighted by molar-refractivity contribution is 5.74. The number of carbonyl (C=O) groups is 1. The maximum atomic E-state index is 11.0. The number of carbonyl (C=O) groups excluding carboxylic acids is 1. The van der Waals surface area contributed by atoms with Gasteiger partial charge in [0.05, 0.1) is 0 Å². The maximum absolute atomic E-state index is 11.0. The second-order valence-electron chi connectivity index (χ2n) is 2.69. The van der Waals surface area contributed by atoms with Crippen molar-refractivity contribution >= 4 is 5.91 Å². The molecule has 66 valence electrons. The summed E-state index contributed by atoms with van der Waals surface area (Å²) in [6.07, 6.45) is 3.30. The van der Waals surface area contributed by atoms with Crippen molar-refractivity contribution in [1.82, 2.24) is 9.55 Å². The smallest absolute Gasteiger partial charge is 0.325 e. The van der Waals surface area contributed by atoms with Crippen molar-refractivity contribution in [3.05, 3.63) is 22.9 Å². The summed E-state index contributed by atoms with van der Waals surface area (Å²) >= 11 is 0. The number of nitrogens with one attached hydrogen (secondary N) is 1. The molecule has 5 nitrogen and oxygen atoms in total. The number of nitrogens with two attached hydrogens (primary N) is 1. The molecule has 12 heavy (non-hydrogen) atoms. The van der Waals surface area contributed by atoms with E-state index in [1.54, 1.807) is 13.1 Å². The first kappa shape index (κ1) is 8.58. The van der Waals surface area contributed by atoms with E-state index < -0.39 is 5.91 Å². The summed E-state index contributed by atoms with van der Waals surface area (Å²) in [6, 6.07) is -0.179. The van der Waals surface area contributed by atoms with Crippen LogP contribution in [-0.4, -0.2) is 15.5 Å². The molecule has 0 fully saturated rings. The Kier molecular flexibility index (Phi) is 2.32. The van der Waals surface area contributed by atoms with E-state index in [4.69, 9.17) is 5.73 Å². The largest absolute Gasteiger partial charge is 0.370 e. The second-order valence-corrected chi connectivity index (χ2v) is 2.69. The summed E-state index contributed by atoms with van der Waals surface area (Å²) in [7, 11) is 0. The molecule has 0 saturated heterocycles. The van der Waals surface area contributed by atoms with Crippen molar-refractivity contribution in [3.63, 3.8) is 0 Å². The Morgan fingerprint density at radius 2 is 2.50 bits per heavy atom. The van der Waals surface area contributed by atoms with Crippen LogP contribution in [0.4, 0.5) is 0 Å². The van der Waals surface area contributed by atoms with Gasteiger partial charge in [-0.15, -0.1) is 0 Å². The Bertz CT molecular complexity index is 325. The Morgan fingerprint density at radius 1 is 1.83 bits per heavy atom. The minimum Gasteiger partial charge on any atom is -0.370 e. The highest BCUT2D eigenvalue weighted by atomic mass is 16.1. The van der Waals surface area contributed by atoms with Gasteiger partial charge in [-0.3, -0.25) is 9.36 Å². The number of primary amides is 1. The lowest BCUT2D eigenvalue weighted by Gasteiger charge is -2.08. The van der Waals surface area contributed by atoms with Gasteiger partial charge in [0, 0.05) is 24.9 Å². The fourth-order valence-electron chi connectivity index (χ4n) is 1.07. The molecule has 0 aliphatic carbocycles. The first-order valence-electron chi connectivity index (χ1n) is 3.65. The monoisotopic (exact) mass is 169 g/mol. The summed E-state index contributed by atoms with van der Waals surface area (Å²) in [4.78, 5) is 24.0. The van der Waals surface area contributed by atoms with Crippen LogP contribution in [0.3, 0.4) is 0 Å². The molecule has 3 N–H and O–H groups in total. The van der Waals surface area contributed by atoms with Crippen LogP contribution in [-0.2, 0) is 4.79 Å². The van der Waals surface area contributed by atoms with Crippen LogP contribution in [0.15, 0.2) is 17.2 Å². The van der Waals surface area contributed by atoms with E-state index in [1.165, 1.54) is 10.8 Å². The third-order valence-electron chi connectivity index (χ3n) is 1.65. The van der Waals surface area contributed by atoms with E-state index in [0.717, 1.165) is 0 Å². The van der Waals surface area contributed by atoms with Gasteiger partial charge in [-0.25, -0.2) is 4.79 Å². The second kappa shape index (κ2) is 3.25. The molecule has 0 radical (unpaired) electrons. The predicted molar refractivity (Wildman–Crippen MR) is 43.6 cm³/mol. The minimum absolute atomic E-state index is 0.178. The van der Waals surface area contributed by atoms with E-state index in [0.29, 0.717) is 0 Å². The van der Waals surface area contributed by atoms with Gasteiger partial charge in [0.15, 0.2) is 0 Å². The Balaban J connectivity index is 2.78. The SMILES string of the molecule is CC(CC(N)=O)n1cc[nH]c1=O. The molecule has 1 atom stereocenters. The third-order valence-corrected chi connectivity index (χ3v) is 1.65. The molecule has 1 aromatic rings. The van der Waals surface area contributed by atoms with Gasteiger partial charge in [0.2, 0.25) is 5.91 Å². The molecule has 0 saturated carbocycles. The predicted octanol–water partition coefficient (Wildman–Crippen LogP) is -0.387. The molecule has 0 spiro atoms. The van der Waals surface area contributed by atoms with E-state index in [-0.39, 0.29) is 18.2 Å². The molecule has 5 heteroatoms. The highest BCUT2D eigenvalue weighted by Crippen LogP contribution is 2.05. The van der Waals surface area contributed by atoms with E-state index in [1.807, 2.05) is 0 Å². The minimum atomic E-state index is -0.407. The van der Waals surface area contributed by atoms with Gasteiger partial charge in [0.1, 0.15) is 0 Å². The lowest BCUT2D eigenvalue weighted by Crippen LogP contribution is -2.24. The standard InChI is InChI=1S/C7H11N3O2/c1-5(4-6(8)11)10-3-2-9-7(10)12/h2-3,5H,4H2,1H3,(H2,8,11)(H,9,12). The molecule has 0 bridgehead atoms. The lowest BCUT2D eigenvalue weighted by atomic mass is 10.2. The van der Waals surface area contributed by atoms with Gasteiger partial charge in [-0.2, -0.15) is 0 Å². The Labute approximate surface area is 69.2 Å². The van der Waals surface area contributed by atoms with E-state index >= 15 is 0 Å². The average molecular weight is 169 g/mol. The van der Waals surface area contributed by atoms with Crippen molar-refractivity contribution in [1.29, 1.82) is 0 Å². The zero-order chi connectivity index (χ0) is 9.14. The number of imidazole rings is 1. The number of H-pyrrole nitrogens is 1. The number of nitrogens with zero attached hydrogens (tertiary/aromatic N) is 1. The molecule has 1 aromatic heterocycles. The van der Waals surface area contributed by atoms with Crippen molar-refractivity contribution in [2.75, 3.05) is 0 Å². The first-order chi connectivity index (χ1) is 5.61. The van der Waals surface area contributed by atoms with Crippen molar-refractivity contribution in [2.45, 2.75) is 19.4 Å². The summed E-state index contributed by atoms with van der Waals surface area (Å²) < 4.78 is 1.44. The number of hydrogen-bond acceptors (Lipinski definition) is 2. The van der Waals surface area contributed by atoms with Crippen molar-refractivity contribution in [3.8, 4) is 0 Å². The van der Waals surface area contributed by atoms with Gasteiger partial charge in [-0.05, 0) is 6.92 Å². The van der Waals surface area contributed by atoms with Crippen LogP contribution >= 0.6 is 0 Å². The fraction of sp³-hybridized carbons (Fsp3) is 0.429. The number of amides is 1. The number of rotatable bonds is 3. The molecule has 1 rings (SSSR count). The summed E-state index contributed by atoms with van der Waals surface area (Å²) in [6.45, 7) is 1.76. The topological polar surface area (TPSA) is 80.9 Å². The molecular weight excluding hydrogens is 158 g/mol. The van der Waals surface area contributed by atoms with Crippen LogP contribution in [0.5, 0.6) is 0 Å². The number of aromatic nitrogens is 2. The average Bonchev–Trinajstić information content (AvgIpc) is 2.33. The number of hydrogen-bond donors (Lipinski definition) is 2. The van der Waals surface area contributed by atoms with E-state index in [9.17, 15) is 9.59 Å². The lowest BCUT2D eigenvalue weighted by molar-refractivity contribution is -0.118. The fourth-order valence-corrected chi connectivity index (χ4v) is 1.07. The van der Waals surface area contributed by atoms with Crippen molar-refractivity contribution < 1.29 is 4.79 Å². The van der Waals surface area contributed by atoms with Crippen LogP contribution in [0.25, 0.3) is 0 Å². The summed E-state index contributed by atoms with van der Waals surface area (Å²) in [5, 5.41) is 0. The summed E-state index contributed by atoms with van der Waals surface area (Å²) in [5.74, 6) is -0.407. The van der Waals surface area contributed by atoms with Gasteiger partial charge >= 0.3 is 5.69 Å².